The van der Waals surface area contributed by atoms with Crippen molar-refractivity contribution in [3.8, 4) is 5.75 Å². The zero-order valence-corrected chi connectivity index (χ0v) is 72.9. The van der Waals surface area contributed by atoms with Crippen LogP contribution in [0.25, 0.3) is 0 Å². The zero-order valence-electron chi connectivity index (χ0n) is 72.9. The molecule has 0 heterocycles. The lowest BCUT2D eigenvalue weighted by atomic mass is 9.50. The summed E-state index contributed by atoms with van der Waals surface area (Å²) in [5.74, 6) is 5.14. The van der Waals surface area contributed by atoms with Crippen LogP contribution < -0.4 is 41.9 Å². The highest BCUT2D eigenvalue weighted by molar-refractivity contribution is 5.88. The molecule has 8 unspecified atom stereocenters. The topological polar surface area (TPSA) is 329 Å². The maximum atomic E-state index is 14.7. The number of rotatable bonds is 56. The van der Waals surface area contributed by atoms with E-state index < -0.39 is 48.0 Å². The molecule has 9 N–H and O–H groups in total. The molecule has 10 rings (SSSR count). The second-order valence-corrected chi connectivity index (χ2v) is 34.2. The normalized spacial score (nSPS) is 22.8. The van der Waals surface area contributed by atoms with E-state index in [-0.39, 0.29) is 66.2 Å². The first-order valence-corrected chi connectivity index (χ1v) is 45.2. The fourth-order valence-electron chi connectivity index (χ4n) is 19.0. The highest BCUT2D eigenvalue weighted by Crippen LogP contribution is 2.63. The number of nitrogens with one attached hydrogen (secondary N) is 6. The van der Waals surface area contributed by atoms with Crippen molar-refractivity contribution in [3.05, 3.63) is 178 Å². The molecule has 26 nitrogen and oxygen atoms in total. The molecule has 7 aliphatic carbocycles. The molecule has 3 fully saturated rings. The summed E-state index contributed by atoms with van der Waals surface area (Å²) >= 11 is 0. The number of anilines is 2. The summed E-state index contributed by atoms with van der Waals surface area (Å²) in [6, 6.07) is 20.7. The van der Waals surface area contributed by atoms with Crippen molar-refractivity contribution >= 4 is 35.4 Å². The Bertz CT molecular complexity index is 3840. The zero-order chi connectivity index (χ0) is 86.2. The van der Waals surface area contributed by atoms with E-state index in [1.165, 1.54) is 86.8 Å². The van der Waals surface area contributed by atoms with Crippen molar-refractivity contribution < 1.29 is 86.7 Å². The molecule has 7 aliphatic rings. The van der Waals surface area contributed by atoms with Gasteiger partial charge in [-0.3, -0.25) is 20.1 Å². The summed E-state index contributed by atoms with van der Waals surface area (Å²) in [5, 5.41) is 62.1. The van der Waals surface area contributed by atoms with Crippen molar-refractivity contribution in [2.75, 3.05) is 130 Å². The minimum absolute atomic E-state index is 0.0228. The third kappa shape index (κ3) is 30.9. The summed E-state index contributed by atoms with van der Waals surface area (Å²) < 4.78 is 61.8. The summed E-state index contributed by atoms with van der Waals surface area (Å²) in [4.78, 5) is 53.9. The summed E-state index contributed by atoms with van der Waals surface area (Å²) in [7, 11) is 1.72. The Kier molecular flexibility index (Phi) is 41.4. The van der Waals surface area contributed by atoms with Crippen molar-refractivity contribution in [1.29, 1.82) is 0 Å². The molecule has 122 heavy (non-hydrogen) atoms. The van der Waals surface area contributed by atoms with Gasteiger partial charge in [0.25, 0.3) is 0 Å². The van der Waals surface area contributed by atoms with Gasteiger partial charge >= 0.3 is 12.2 Å². The van der Waals surface area contributed by atoms with Crippen molar-refractivity contribution in [2.45, 2.75) is 218 Å². The van der Waals surface area contributed by atoms with Crippen LogP contribution in [-0.4, -0.2) is 195 Å². The van der Waals surface area contributed by atoms with Crippen molar-refractivity contribution in [2.24, 2.45) is 46.8 Å². The molecule has 3 aromatic rings. The van der Waals surface area contributed by atoms with Gasteiger partial charge in [0.1, 0.15) is 37.0 Å². The van der Waals surface area contributed by atoms with Crippen LogP contribution in [0.4, 0.5) is 21.0 Å². The van der Waals surface area contributed by atoms with Gasteiger partial charge in [0.15, 0.2) is 0 Å². The molecule has 674 valence electrons. The lowest BCUT2D eigenvalue weighted by Crippen LogP contribution is -2.54. The largest absolute Gasteiger partial charge is 0.733 e. The third-order valence-corrected chi connectivity index (χ3v) is 25.5. The fraction of sp³-hybridized carbons (Fsp3) is 0.625. The number of carbonyl (C=O) groups is 4. The molecule has 0 saturated heterocycles. The van der Waals surface area contributed by atoms with E-state index in [1.807, 2.05) is 18.2 Å². The Hall–Kier alpha value is -7.64. The number of allylic oxidation sites excluding steroid dienone is 7. The maximum absolute atomic E-state index is 14.7. The summed E-state index contributed by atoms with van der Waals surface area (Å²) in [6.45, 7) is 16.4. The van der Waals surface area contributed by atoms with Crippen LogP contribution in [0.1, 0.15) is 180 Å². The van der Waals surface area contributed by atoms with Gasteiger partial charge in [0, 0.05) is 45.1 Å². The van der Waals surface area contributed by atoms with Crippen LogP contribution >= 0.6 is 0 Å². The quantitative estimate of drug-likeness (QED) is 0.00633. The minimum atomic E-state index is -1.31. The molecule has 0 bridgehead atoms. The predicted molar refractivity (Wildman–Crippen MR) is 471 cm³/mol. The van der Waals surface area contributed by atoms with Crippen LogP contribution in [0, 0.1) is 52.0 Å². The average molecular weight is 1700 g/mol. The van der Waals surface area contributed by atoms with Crippen LogP contribution in [0.3, 0.4) is 0 Å². The van der Waals surface area contributed by atoms with Gasteiger partial charge in [0.05, 0.1) is 116 Å². The lowest BCUT2D eigenvalue weighted by Gasteiger charge is -2.55. The number of carbonyl (C=O) groups excluding carboxylic acids is 4. The number of benzene rings is 3. The smallest absolute Gasteiger partial charge is 0.514 e. The maximum Gasteiger partial charge on any atom is 0.514 e. The first-order chi connectivity index (χ1) is 59.4. The Morgan fingerprint density at radius 2 is 1.35 bits per heavy atom. The van der Waals surface area contributed by atoms with E-state index in [0.29, 0.717) is 143 Å². The van der Waals surface area contributed by atoms with E-state index in [9.17, 15) is 34.6 Å². The van der Waals surface area contributed by atoms with Crippen LogP contribution in [0.2, 0.25) is 0 Å². The molecule has 26 heteroatoms. The molecule has 0 spiro atoms. The molecule has 3 saturated carbocycles. The van der Waals surface area contributed by atoms with Gasteiger partial charge in [-0.15, -0.1) is 0 Å². The number of unbranched alkanes of at least 4 members (excludes halogenated alkanes) is 1. The van der Waals surface area contributed by atoms with Gasteiger partial charge in [0.2, 0.25) is 11.8 Å². The highest BCUT2D eigenvalue weighted by Gasteiger charge is 2.55. The number of ether oxygens (including phenoxy) is 11. The van der Waals surface area contributed by atoms with Crippen LogP contribution in [-0.2, 0) is 69.1 Å². The number of fused-ring (bicyclic) bond motifs is 5. The van der Waals surface area contributed by atoms with E-state index in [2.05, 4.69) is 132 Å². The molecule has 3 aromatic carbocycles. The second-order valence-electron chi connectivity index (χ2n) is 34.2. The third-order valence-electron chi connectivity index (χ3n) is 25.5. The standard InChI is InChI=1S/C96H140N7O19/c1-69(2)18-17-19-70(3)82-41-42-84-83(82)43-44-86-85(84)40-31-76-67-81(47-48-95(76,86)4)121-93(108)98-51-53-114-55-57-116-59-61-118-63-65-119-64-62-117-60-58-115-56-54-113-52-50-97-89(104)45-46-90(105)101-88(66-71-20-9-6-10-21-71)92(107)102-87(91(106)100-77-32-27-72(28-33-77)68-120-94(109)122-80-38-34-78(35-39-80)103(110)111)26-15-16-49-99-96(73-22-11-7-12-23-73,74-24-13-8-14-25-74)75-29-36-79(112-5)37-30-75/h7-9,11-13,20-24,27-36,38-39,69-70,79,81-89,91,97,99-100,104,106,110H,6,10,14-19,25-26,37,40-68H2,1-5H3,(H,98,108)(H,101,105)(H,102,107)/q-1/t70?,79?,81?,82-,83?,84-,85?,86+,87+,88+,89?,91?,95+,96?/m1/s1. The first kappa shape index (κ1) is 96.6. The fourth-order valence-corrected chi connectivity index (χ4v) is 19.0. The van der Waals surface area contributed by atoms with Gasteiger partial charge in [-0.1, -0.05) is 156 Å². The molecule has 3 amide bonds. The minimum Gasteiger partial charge on any atom is -0.733 e. The van der Waals surface area contributed by atoms with E-state index in [0.717, 1.165) is 110 Å². The monoisotopic (exact) mass is 1700 g/mol. The van der Waals surface area contributed by atoms with Gasteiger partial charge in [-0.05, 0) is 220 Å². The Morgan fingerprint density at radius 3 is 1.99 bits per heavy atom. The average Bonchev–Trinajstić information content (AvgIpc) is 1.37. The molecule has 0 aromatic heterocycles. The molecular weight excluding hydrogens is 1560 g/mol. The number of aliphatic hydroxyl groups is 2. The number of amides is 3. The Balaban J connectivity index is 0.558. The Labute approximate surface area is 723 Å². The van der Waals surface area contributed by atoms with Crippen molar-refractivity contribution in [1.82, 2.24) is 26.6 Å². The van der Waals surface area contributed by atoms with E-state index in [1.54, 1.807) is 31.4 Å². The van der Waals surface area contributed by atoms with Gasteiger partial charge < -0.3 is 99.3 Å². The van der Waals surface area contributed by atoms with Crippen LogP contribution in [0.5, 0.6) is 5.75 Å². The number of methoxy groups -OCH3 is 1. The van der Waals surface area contributed by atoms with Crippen molar-refractivity contribution in [3.63, 3.8) is 0 Å². The first-order valence-electron chi connectivity index (χ1n) is 45.2. The van der Waals surface area contributed by atoms with Gasteiger partial charge in [-0.2, -0.15) is 0 Å². The van der Waals surface area contributed by atoms with Crippen LogP contribution in [0.15, 0.2) is 162 Å². The molecule has 14 atom stereocenters. The molecule has 0 aliphatic heterocycles. The van der Waals surface area contributed by atoms with E-state index in [4.69, 9.17) is 57.3 Å². The number of hydrogen-bond donors (Lipinski definition) is 9. The summed E-state index contributed by atoms with van der Waals surface area (Å²) in [5.41, 5.74) is 6.60. The predicted octanol–water partition coefficient (Wildman–Crippen LogP) is 14.8. The number of aliphatic hydroxyl groups excluding tert-OH is 2. The number of nitrogens with zero attached hydrogens (tertiary/aromatic N) is 1. The Morgan fingerprint density at radius 1 is 0.664 bits per heavy atom. The highest BCUT2D eigenvalue weighted by atomic mass is 16.8. The number of alkyl carbamates (subject to hydrolysis) is 1. The number of hydrogen-bond acceptors (Lipinski definition) is 23. The summed E-state index contributed by atoms with van der Waals surface area (Å²) in [6.07, 6.45) is 37.6. The lowest BCUT2D eigenvalue weighted by molar-refractivity contribution is -0.130. The van der Waals surface area contributed by atoms with E-state index >= 15 is 0 Å². The van der Waals surface area contributed by atoms with Gasteiger partial charge in [-0.25, -0.2) is 9.59 Å². The second kappa shape index (κ2) is 52.3. The molecule has 0 radical (unpaired) electrons. The SMILES string of the molecule is COC1C=CC(C(NCCCC[C@H](NC(=O)[C@H](CC2=CCCC=C2)NC(=O)CCC(O)NCCOCCOCCOCCOCCOCCOCCOCCNC(=O)OC2CC[C@@]3(C)C(=CCC4[C@@H]5CC[C@H](C(C)CCCC(C)C)C5CC[C@@H]43)C2)C(O)Nc2ccc(COC(=O)Oc3ccc(N([O-])O)cc3)cc2)(C2=CC=CCC2)c2ccccc2)=CC1. The molecular formula is C96H140N7O19-.